The van der Waals surface area contributed by atoms with Crippen molar-refractivity contribution in [1.29, 1.82) is 0 Å². The van der Waals surface area contributed by atoms with E-state index in [0.29, 0.717) is 0 Å². The summed E-state index contributed by atoms with van der Waals surface area (Å²) in [7, 11) is 0. The molecular weight excluding hydrogens is 356 g/mol. The molecule has 0 aromatic heterocycles. The van der Waals surface area contributed by atoms with Gasteiger partial charge in [-0.3, -0.25) is 9.59 Å². The molecule has 5 nitrogen and oxygen atoms in total. The van der Waals surface area contributed by atoms with Crippen molar-refractivity contribution in [2.45, 2.75) is 26.7 Å². The maximum Gasteiger partial charge on any atom is 0.316 e. The minimum Gasteiger partial charge on any atom is -0.455 e. The largest absolute Gasteiger partial charge is 0.455 e. The fourth-order valence-corrected chi connectivity index (χ4v) is 3.54. The number of benzene rings is 1. The number of nitrogens with one attached hydrogen (secondary N) is 1. The van der Waals surface area contributed by atoms with Crippen molar-refractivity contribution < 1.29 is 14.3 Å². The molecule has 1 amide bonds. The summed E-state index contributed by atoms with van der Waals surface area (Å²) in [6.45, 7) is 5.75. The van der Waals surface area contributed by atoms with E-state index in [4.69, 9.17) is 17.0 Å². The summed E-state index contributed by atoms with van der Waals surface area (Å²) in [6.07, 6.45) is 2.26. The molecule has 1 aliphatic heterocycles. The van der Waals surface area contributed by atoms with Crippen molar-refractivity contribution in [3.05, 3.63) is 29.8 Å². The maximum absolute atomic E-state index is 11.9. The van der Waals surface area contributed by atoms with E-state index in [1.54, 1.807) is 0 Å². The topological polar surface area (TPSA) is 58.6 Å². The van der Waals surface area contributed by atoms with Gasteiger partial charge in [0, 0.05) is 18.8 Å². The SMILES string of the molecule is Cc1ccccc1NC(=O)COC(=O)CSC(=S)N1CCC(C)CC1. The first-order valence-corrected chi connectivity index (χ1v) is 9.78. The zero-order valence-corrected chi connectivity index (χ0v) is 16.3. The number of piperidine rings is 1. The number of carbonyl (C=O) groups excluding carboxylic acids is 2. The Morgan fingerprint density at radius 2 is 2.00 bits per heavy atom. The number of thiocarbonyl (C=S) groups is 1. The van der Waals surface area contributed by atoms with Crippen LogP contribution in [0.25, 0.3) is 0 Å². The summed E-state index contributed by atoms with van der Waals surface area (Å²) in [6, 6.07) is 7.45. The standard InChI is InChI=1S/C18H24N2O3S2/c1-13-7-9-20(10-8-13)18(24)25-12-17(22)23-11-16(21)19-15-6-4-3-5-14(15)2/h3-6,13H,7-12H2,1-2H3,(H,19,21). The number of para-hydroxylation sites is 1. The second-order valence-electron chi connectivity index (χ2n) is 6.25. The molecule has 1 N–H and O–H groups in total. The summed E-state index contributed by atoms with van der Waals surface area (Å²) in [5.74, 6) is 0.0846. The fraction of sp³-hybridized carbons (Fsp3) is 0.500. The Balaban J connectivity index is 1.66. The maximum atomic E-state index is 11.9. The zero-order valence-electron chi connectivity index (χ0n) is 14.6. The molecule has 0 aliphatic carbocycles. The second-order valence-corrected chi connectivity index (χ2v) is 7.86. The predicted molar refractivity (Wildman–Crippen MR) is 106 cm³/mol. The molecule has 0 saturated carbocycles. The minimum absolute atomic E-state index is 0.128. The van der Waals surface area contributed by atoms with Crippen molar-refractivity contribution in [3.63, 3.8) is 0 Å². The van der Waals surface area contributed by atoms with E-state index in [1.807, 2.05) is 31.2 Å². The molecule has 0 radical (unpaired) electrons. The van der Waals surface area contributed by atoms with E-state index in [-0.39, 0.29) is 18.3 Å². The first kappa shape index (κ1) is 19.7. The number of hydrogen-bond donors (Lipinski definition) is 1. The Kier molecular flexibility index (Phi) is 7.71. The Hall–Kier alpha value is -1.60. The molecule has 1 aliphatic rings. The molecule has 0 unspecified atom stereocenters. The first-order valence-electron chi connectivity index (χ1n) is 8.38. The third-order valence-corrected chi connectivity index (χ3v) is 5.64. The Morgan fingerprint density at radius 1 is 1.32 bits per heavy atom. The van der Waals surface area contributed by atoms with Gasteiger partial charge in [-0.15, -0.1) is 0 Å². The summed E-state index contributed by atoms with van der Waals surface area (Å²) < 4.78 is 5.75. The lowest BCUT2D eigenvalue weighted by atomic mass is 10.00. The second kappa shape index (κ2) is 9.77. The normalized spacial score (nSPS) is 14.9. The van der Waals surface area contributed by atoms with Gasteiger partial charge >= 0.3 is 5.97 Å². The van der Waals surface area contributed by atoms with E-state index >= 15 is 0 Å². The number of rotatable bonds is 5. The number of nitrogens with zero attached hydrogens (tertiary/aromatic N) is 1. The number of thioether (sulfide) groups is 1. The molecule has 1 fully saturated rings. The van der Waals surface area contributed by atoms with Gasteiger partial charge in [-0.25, -0.2) is 0 Å². The van der Waals surface area contributed by atoms with E-state index in [1.165, 1.54) is 11.8 Å². The van der Waals surface area contributed by atoms with Crippen LogP contribution in [0, 0.1) is 12.8 Å². The average molecular weight is 381 g/mol. The first-order chi connectivity index (χ1) is 12.0. The molecule has 25 heavy (non-hydrogen) atoms. The Labute approximate surface area is 158 Å². The predicted octanol–water partition coefficient (Wildman–Crippen LogP) is 3.23. The summed E-state index contributed by atoms with van der Waals surface area (Å²) in [5.41, 5.74) is 1.68. The Bertz CT molecular complexity index is 629. The van der Waals surface area contributed by atoms with Crippen molar-refractivity contribution in [3.8, 4) is 0 Å². The number of hydrogen-bond acceptors (Lipinski definition) is 5. The molecule has 7 heteroatoms. The minimum atomic E-state index is -0.433. The number of amides is 1. The molecular formula is C18H24N2O3S2. The van der Waals surface area contributed by atoms with Crippen LogP contribution in [-0.2, 0) is 14.3 Å². The molecule has 0 atom stereocenters. The number of likely N-dealkylation sites (tertiary alicyclic amines) is 1. The highest BCUT2D eigenvalue weighted by molar-refractivity contribution is 8.23. The van der Waals surface area contributed by atoms with Crippen LogP contribution in [0.4, 0.5) is 5.69 Å². The highest BCUT2D eigenvalue weighted by Gasteiger charge is 2.19. The third kappa shape index (κ3) is 6.66. The lowest BCUT2D eigenvalue weighted by Gasteiger charge is -2.31. The van der Waals surface area contributed by atoms with Crippen LogP contribution in [0.1, 0.15) is 25.3 Å². The van der Waals surface area contributed by atoms with Crippen LogP contribution in [-0.4, -0.2) is 46.5 Å². The summed E-state index contributed by atoms with van der Waals surface area (Å²) in [4.78, 5) is 25.8. The number of anilines is 1. The van der Waals surface area contributed by atoms with Crippen molar-refractivity contribution in [2.75, 3.05) is 30.8 Å². The van der Waals surface area contributed by atoms with E-state index in [9.17, 15) is 9.59 Å². The van der Waals surface area contributed by atoms with Crippen LogP contribution in [0.3, 0.4) is 0 Å². The Morgan fingerprint density at radius 3 is 2.68 bits per heavy atom. The van der Waals surface area contributed by atoms with Crippen molar-refractivity contribution in [2.24, 2.45) is 5.92 Å². The van der Waals surface area contributed by atoms with Crippen molar-refractivity contribution in [1.82, 2.24) is 4.90 Å². The summed E-state index contributed by atoms with van der Waals surface area (Å²) >= 11 is 6.67. The molecule has 0 spiro atoms. The lowest BCUT2D eigenvalue weighted by molar-refractivity contribution is -0.144. The van der Waals surface area contributed by atoms with Crippen molar-refractivity contribution >= 4 is 45.9 Å². The third-order valence-electron chi connectivity index (χ3n) is 4.14. The molecule has 1 saturated heterocycles. The van der Waals surface area contributed by atoms with Gasteiger partial charge in [0.1, 0.15) is 4.32 Å². The monoisotopic (exact) mass is 380 g/mol. The van der Waals surface area contributed by atoms with Crippen LogP contribution in [0.5, 0.6) is 0 Å². The van der Waals surface area contributed by atoms with Crippen LogP contribution < -0.4 is 5.32 Å². The molecule has 2 rings (SSSR count). The number of carbonyl (C=O) groups is 2. The van der Waals surface area contributed by atoms with E-state index < -0.39 is 5.97 Å². The fourth-order valence-electron chi connectivity index (χ4n) is 2.49. The van der Waals surface area contributed by atoms with Gasteiger partial charge < -0.3 is 15.0 Å². The molecule has 1 aromatic carbocycles. The van der Waals surface area contributed by atoms with E-state index in [0.717, 1.165) is 47.4 Å². The highest BCUT2D eigenvalue weighted by Crippen LogP contribution is 2.20. The van der Waals surface area contributed by atoms with Crippen LogP contribution in [0.15, 0.2) is 24.3 Å². The van der Waals surface area contributed by atoms with E-state index in [2.05, 4.69) is 17.1 Å². The quantitative estimate of drug-likeness (QED) is 0.625. The highest BCUT2D eigenvalue weighted by atomic mass is 32.2. The average Bonchev–Trinajstić information content (AvgIpc) is 2.60. The van der Waals surface area contributed by atoms with Gasteiger partial charge in [0.05, 0.1) is 5.75 Å². The molecule has 136 valence electrons. The number of ether oxygens (including phenoxy) is 1. The zero-order chi connectivity index (χ0) is 18.2. The summed E-state index contributed by atoms with van der Waals surface area (Å²) in [5, 5.41) is 2.73. The van der Waals surface area contributed by atoms with Gasteiger partial charge in [0.2, 0.25) is 0 Å². The molecule has 0 bridgehead atoms. The number of aryl methyl sites for hydroxylation is 1. The van der Waals surface area contributed by atoms with Gasteiger partial charge in [0.15, 0.2) is 6.61 Å². The smallest absolute Gasteiger partial charge is 0.316 e. The lowest BCUT2D eigenvalue weighted by Crippen LogP contribution is -2.36. The van der Waals surface area contributed by atoms with Crippen LogP contribution in [0.2, 0.25) is 0 Å². The van der Waals surface area contributed by atoms with Gasteiger partial charge in [-0.2, -0.15) is 0 Å². The van der Waals surface area contributed by atoms with Crippen LogP contribution >= 0.6 is 24.0 Å². The molecule has 1 aromatic rings. The number of esters is 1. The van der Waals surface area contributed by atoms with Gasteiger partial charge in [-0.05, 0) is 37.3 Å². The molecule has 1 heterocycles. The van der Waals surface area contributed by atoms with Gasteiger partial charge in [-0.1, -0.05) is 49.1 Å². The van der Waals surface area contributed by atoms with Gasteiger partial charge in [0.25, 0.3) is 5.91 Å².